The van der Waals surface area contributed by atoms with Gasteiger partial charge < -0.3 is 4.74 Å². The Morgan fingerprint density at radius 1 is 1.04 bits per heavy atom. The number of aromatic nitrogens is 2. The predicted octanol–water partition coefficient (Wildman–Crippen LogP) is 3.69. The second kappa shape index (κ2) is 8.03. The summed E-state index contributed by atoms with van der Waals surface area (Å²) in [5.74, 6) is 0.0948. The maximum atomic E-state index is 12.3. The molecule has 1 amide bonds. The van der Waals surface area contributed by atoms with Gasteiger partial charge in [-0.15, -0.1) is 0 Å². The zero-order valence-corrected chi connectivity index (χ0v) is 13.7. The van der Waals surface area contributed by atoms with E-state index in [0.29, 0.717) is 16.5 Å². The lowest BCUT2D eigenvalue weighted by atomic mass is 10.2. The van der Waals surface area contributed by atoms with Gasteiger partial charge in [-0.3, -0.25) is 9.78 Å². The van der Waals surface area contributed by atoms with Crippen LogP contribution >= 0.6 is 11.6 Å². The van der Waals surface area contributed by atoms with Crippen LogP contribution in [0.2, 0.25) is 5.02 Å². The molecule has 3 rings (SSSR count). The van der Waals surface area contributed by atoms with E-state index in [-0.39, 0.29) is 11.4 Å². The Bertz CT molecular complexity index is 900. The molecule has 2 heterocycles. The van der Waals surface area contributed by atoms with Gasteiger partial charge in [0, 0.05) is 12.4 Å². The van der Waals surface area contributed by atoms with Crippen LogP contribution < -0.4 is 10.2 Å². The van der Waals surface area contributed by atoms with Crippen molar-refractivity contribution in [2.24, 2.45) is 5.10 Å². The van der Waals surface area contributed by atoms with E-state index in [2.05, 4.69) is 20.5 Å². The number of rotatable bonds is 5. The van der Waals surface area contributed by atoms with Crippen molar-refractivity contribution in [2.75, 3.05) is 0 Å². The molecule has 2 aromatic heterocycles. The number of hydrazone groups is 1. The lowest BCUT2D eigenvalue weighted by Crippen LogP contribution is -2.18. The molecule has 0 aliphatic carbocycles. The van der Waals surface area contributed by atoms with Crippen molar-refractivity contribution in [3.05, 3.63) is 83.3 Å². The molecular formula is C18H13ClN4O2. The van der Waals surface area contributed by atoms with E-state index in [4.69, 9.17) is 16.3 Å². The van der Waals surface area contributed by atoms with Gasteiger partial charge in [-0.25, -0.2) is 10.4 Å². The highest BCUT2D eigenvalue weighted by molar-refractivity contribution is 6.32. The van der Waals surface area contributed by atoms with Crippen LogP contribution in [0.25, 0.3) is 0 Å². The van der Waals surface area contributed by atoms with Crippen LogP contribution in [0.4, 0.5) is 0 Å². The zero-order chi connectivity index (χ0) is 17.5. The number of amides is 1. The molecule has 0 saturated heterocycles. The van der Waals surface area contributed by atoms with E-state index in [1.807, 2.05) is 6.07 Å². The van der Waals surface area contributed by atoms with Crippen LogP contribution in [-0.2, 0) is 0 Å². The van der Waals surface area contributed by atoms with E-state index in [1.165, 1.54) is 12.4 Å². The van der Waals surface area contributed by atoms with E-state index < -0.39 is 5.91 Å². The standard InChI is InChI=1S/C18H13ClN4O2/c19-15-8-1-2-9-16(15)25-18-14(7-5-11-21-18)17(24)23-22-12-13-6-3-4-10-20-13/h1-12H,(H,23,24)/b22-12+. The second-order valence-electron chi connectivity index (χ2n) is 4.84. The fraction of sp³-hybridized carbons (Fsp3) is 0. The van der Waals surface area contributed by atoms with Crippen molar-refractivity contribution in [1.29, 1.82) is 0 Å². The Labute approximate surface area is 149 Å². The lowest BCUT2D eigenvalue weighted by Gasteiger charge is -2.09. The summed E-state index contributed by atoms with van der Waals surface area (Å²) in [6.45, 7) is 0. The minimum atomic E-state index is -0.456. The number of benzene rings is 1. The predicted molar refractivity (Wildman–Crippen MR) is 95.1 cm³/mol. The van der Waals surface area contributed by atoms with Crippen molar-refractivity contribution < 1.29 is 9.53 Å². The quantitative estimate of drug-likeness (QED) is 0.561. The molecule has 1 aromatic carbocycles. The third-order valence-corrected chi connectivity index (χ3v) is 3.42. The molecule has 25 heavy (non-hydrogen) atoms. The van der Waals surface area contributed by atoms with E-state index in [0.717, 1.165) is 0 Å². The topological polar surface area (TPSA) is 76.5 Å². The Balaban J connectivity index is 1.75. The fourth-order valence-electron chi connectivity index (χ4n) is 1.95. The maximum absolute atomic E-state index is 12.3. The smallest absolute Gasteiger partial charge is 0.276 e. The average molecular weight is 353 g/mol. The molecule has 6 nitrogen and oxygen atoms in total. The summed E-state index contributed by atoms with van der Waals surface area (Å²) in [4.78, 5) is 20.5. The lowest BCUT2D eigenvalue weighted by molar-refractivity contribution is 0.0952. The minimum absolute atomic E-state index is 0.140. The number of carbonyl (C=O) groups is 1. The highest BCUT2D eigenvalue weighted by atomic mass is 35.5. The first-order chi connectivity index (χ1) is 12.2. The molecule has 0 unspecified atom stereocenters. The molecule has 0 saturated carbocycles. The number of carbonyl (C=O) groups excluding carboxylic acids is 1. The molecular weight excluding hydrogens is 340 g/mol. The number of halogens is 1. The Morgan fingerprint density at radius 3 is 2.64 bits per heavy atom. The third-order valence-electron chi connectivity index (χ3n) is 3.11. The molecule has 0 aliphatic heterocycles. The highest BCUT2D eigenvalue weighted by Crippen LogP contribution is 2.29. The van der Waals surface area contributed by atoms with Gasteiger partial charge >= 0.3 is 0 Å². The summed E-state index contributed by atoms with van der Waals surface area (Å²) in [6.07, 6.45) is 4.61. The summed E-state index contributed by atoms with van der Waals surface area (Å²) in [7, 11) is 0. The van der Waals surface area contributed by atoms with Crippen LogP contribution in [0.3, 0.4) is 0 Å². The monoisotopic (exact) mass is 352 g/mol. The Morgan fingerprint density at radius 2 is 1.84 bits per heavy atom. The number of nitrogens with zero attached hydrogens (tertiary/aromatic N) is 3. The molecule has 1 N–H and O–H groups in total. The highest BCUT2D eigenvalue weighted by Gasteiger charge is 2.14. The molecule has 0 bridgehead atoms. The van der Waals surface area contributed by atoms with Crippen LogP contribution in [0.5, 0.6) is 11.6 Å². The Kier molecular flexibility index (Phi) is 5.33. The van der Waals surface area contributed by atoms with Gasteiger partial charge in [-0.1, -0.05) is 29.8 Å². The number of para-hydroxylation sites is 1. The van der Waals surface area contributed by atoms with Gasteiger partial charge in [0.15, 0.2) is 0 Å². The third kappa shape index (κ3) is 4.39. The molecule has 0 radical (unpaired) electrons. The average Bonchev–Trinajstić information content (AvgIpc) is 2.65. The van der Waals surface area contributed by atoms with Gasteiger partial charge in [-0.2, -0.15) is 5.10 Å². The number of hydrogen-bond acceptors (Lipinski definition) is 5. The molecule has 3 aromatic rings. The first kappa shape index (κ1) is 16.6. The van der Waals surface area contributed by atoms with Gasteiger partial charge in [0.1, 0.15) is 11.3 Å². The van der Waals surface area contributed by atoms with Crippen LogP contribution in [0, 0.1) is 0 Å². The molecule has 7 heteroatoms. The van der Waals surface area contributed by atoms with E-state index in [1.54, 1.807) is 54.7 Å². The summed E-state index contributed by atoms with van der Waals surface area (Å²) in [5, 5.41) is 4.31. The van der Waals surface area contributed by atoms with Gasteiger partial charge in [0.25, 0.3) is 5.91 Å². The Hall–Kier alpha value is -3.25. The minimum Gasteiger partial charge on any atom is -0.437 e. The normalized spacial score (nSPS) is 10.6. The molecule has 0 fully saturated rings. The molecule has 124 valence electrons. The van der Waals surface area contributed by atoms with Gasteiger partial charge in [0.2, 0.25) is 5.88 Å². The largest absolute Gasteiger partial charge is 0.437 e. The molecule has 0 atom stereocenters. The van der Waals surface area contributed by atoms with Crippen LogP contribution in [0.15, 0.2) is 72.1 Å². The van der Waals surface area contributed by atoms with E-state index in [9.17, 15) is 4.79 Å². The SMILES string of the molecule is O=C(N/N=C/c1ccccn1)c1cccnc1Oc1ccccc1Cl. The van der Waals surface area contributed by atoms with Crippen molar-refractivity contribution >= 4 is 23.7 Å². The summed E-state index contributed by atoms with van der Waals surface area (Å²) in [5.41, 5.74) is 3.29. The maximum Gasteiger partial charge on any atom is 0.276 e. The number of hydrogen-bond donors (Lipinski definition) is 1. The van der Waals surface area contributed by atoms with Crippen molar-refractivity contribution in [1.82, 2.24) is 15.4 Å². The van der Waals surface area contributed by atoms with Crippen molar-refractivity contribution in [3.8, 4) is 11.6 Å². The summed E-state index contributed by atoms with van der Waals surface area (Å²) >= 11 is 6.07. The summed E-state index contributed by atoms with van der Waals surface area (Å²) < 4.78 is 5.66. The first-order valence-corrected chi connectivity index (χ1v) is 7.73. The fourth-order valence-corrected chi connectivity index (χ4v) is 2.12. The molecule has 0 spiro atoms. The van der Waals surface area contributed by atoms with Gasteiger partial charge in [0.05, 0.1) is 16.9 Å². The second-order valence-corrected chi connectivity index (χ2v) is 5.25. The van der Waals surface area contributed by atoms with E-state index >= 15 is 0 Å². The zero-order valence-electron chi connectivity index (χ0n) is 13.0. The van der Waals surface area contributed by atoms with Crippen LogP contribution in [0.1, 0.15) is 16.1 Å². The van der Waals surface area contributed by atoms with Crippen molar-refractivity contribution in [2.45, 2.75) is 0 Å². The number of nitrogens with one attached hydrogen (secondary N) is 1. The first-order valence-electron chi connectivity index (χ1n) is 7.36. The molecule has 0 aliphatic rings. The van der Waals surface area contributed by atoms with Crippen LogP contribution in [-0.4, -0.2) is 22.1 Å². The number of pyridine rings is 2. The van der Waals surface area contributed by atoms with Crippen molar-refractivity contribution in [3.63, 3.8) is 0 Å². The summed E-state index contributed by atoms with van der Waals surface area (Å²) in [6, 6.07) is 15.6. The number of ether oxygens (including phenoxy) is 1. The van der Waals surface area contributed by atoms with Gasteiger partial charge in [-0.05, 0) is 36.4 Å².